The van der Waals surface area contributed by atoms with E-state index in [0.717, 1.165) is 23.3 Å². The first-order valence-corrected chi connectivity index (χ1v) is 8.41. The van der Waals surface area contributed by atoms with Crippen LogP contribution in [0.3, 0.4) is 0 Å². The lowest BCUT2D eigenvalue weighted by Crippen LogP contribution is -2.23. The van der Waals surface area contributed by atoms with Crippen LogP contribution in [0.1, 0.15) is 31.4 Å². The van der Waals surface area contributed by atoms with E-state index in [2.05, 4.69) is 13.8 Å². The van der Waals surface area contributed by atoms with Crippen LogP contribution in [0.5, 0.6) is 5.75 Å². The molecule has 0 aromatic heterocycles. The van der Waals surface area contributed by atoms with Gasteiger partial charge in [-0.1, -0.05) is 19.9 Å². The van der Waals surface area contributed by atoms with Crippen molar-refractivity contribution in [2.24, 2.45) is 5.92 Å². The molecule has 0 unspecified atom stereocenters. The number of nitrogens with zero attached hydrogens (tertiary/aromatic N) is 1. The van der Waals surface area contributed by atoms with Gasteiger partial charge in [-0.25, -0.2) is 8.42 Å². The largest absolute Gasteiger partial charge is 0.494 e. The van der Waals surface area contributed by atoms with Gasteiger partial charge in [-0.05, 0) is 35.6 Å². The van der Waals surface area contributed by atoms with Crippen molar-refractivity contribution >= 4 is 10.0 Å². The summed E-state index contributed by atoms with van der Waals surface area (Å²) < 4.78 is 30.2. The molecule has 4 nitrogen and oxygen atoms in total. The van der Waals surface area contributed by atoms with Crippen molar-refractivity contribution in [2.45, 2.75) is 33.4 Å². The Kier molecular flexibility index (Phi) is 4.16. The number of ether oxygens (including phenoxy) is 1. The van der Waals surface area contributed by atoms with Crippen LogP contribution >= 0.6 is 0 Å². The van der Waals surface area contributed by atoms with Crippen LogP contribution in [0.2, 0.25) is 0 Å². The fourth-order valence-corrected chi connectivity index (χ4v) is 2.82. The summed E-state index contributed by atoms with van der Waals surface area (Å²) in [5.41, 5.74) is 2.12. The number of hydrogen-bond acceptors (Lipinski definition) is 3. The summed E-state index contributed by atoms with van der Waals surface area (Å²) in [4.78, 5) is 0. The van der Waals surface area contributed by atoms with Crippen LogP contribution in [0, 0.1) is 5.92 Å². The standard InChI is InChI=1S/C14H21NO3S/c1-11(2)6-7-18-14-5-4-12-9-15(19(3,16)17)10-13(12)8-14/h4-5,8,11H,6-7,9-10H2,1-3H3. The quantitative estimate of drug-likeness (QED) is 0.833. The summed E-state index contributed by atoms with van der Waals surface area (Å²) in [6.07, 6.45) is 2.27. The summed E-state index contributed by atoms with van der Waals surface area (Å²) in [5, 5.41) is 0. The summed E-state index contributed by atoms with van der Waals surface area (Å²) in [6.45, 7) is 5.95. The molecule has 1 aromatic carbocycles. The Bertz CT molecular complexity index is 552. The van der Waals surface area contributed by atoms with Gasteiger partial charge in [-0.15, -0.1) is 0 Å². The molecule has 0 saturated heterocycles. The van der Waals surface area contributed by atoms with Crippen molar-refractivity contribution < 1.29 is 13.2 Å². The lowest BCUT2D eigenvalue weighted by atomic mass is 10.1. The minimum atomic E-state index is -3.12. The molecule has 0 atom stereocenters. The zero-order valence-corrected chi connectivity index (χ0v) is 12.5. The second-order valence-electron chi connectivity index (χ2n) is 5.49. The van der Waals surface area contributed by atoms with Crippen LogP contribution in [0.4, 0.5) is 0 Å². The Labute approximate surface area is 115 Å². The average Bonchev–Trinajstić information content (AvgIpc) is 2.71. The van der Waals surface area contributed by atoms with Crippen molar-refractivity contribution in [1.29, 1.82) is 0 Å². The first-order valence-electron chi connectivity index (χ1n) is 6.56. The topological polar surface area (TPSA) is 46.6 Å². The predicted octanol–water partition coefficient (Wildman–Crippen LogP) is 2.39. The van der Waals surface area contributed by atoms with Crippen LogP contribution in [-0.4, -0.2) is 25.6 Å². The molecule has 0 radical (unpaired) electrons. The SMILES string of the molecule is CC(C)CCOc1ccc2c(c1)CN(S(C)(=O)=O)C2. The minimum absolute atomic E-state index is 0.454. The molecule has 1 aliphatic heterocycles. The third-order valence-electron chi connectivity index (χ3n) is 3.30. The number of rotatable bonds is 5. The van der Waals surface area contributed by atoms with Gasteiger partial charge >= 0.3 is 0 Å². The minimum Gasteiger partial charge on any atom is -0.494 e. The molecule has 0 bridgehead atoms. The molecule has 0 amide bonds. The monoisotopic (exact) mass is 283 g/mol. The van der Waals surface area contributed by atoms with E-state index in [1.54, 1.807) is 0 Å². The Morgan fingerprint density at radius 2 is 1.95 bits per heavy atom. The van der Waals surface area contributed by atoms with Gasteiger partial charge in [0.05, 0.1) is 12.9 Å². The second-order valence-corrected chi connectivity index (χ2v) is 7.47. The van der Waals surface area contributed by atoms with E-state index in [1.165, 1.54) is 10.6 Å². The molecule has 106 valence electrons. The number of sulfonamides is 1. The van der Waals surface area contributed by atoms with Crippen molar-refractivity contribution in [3.8, 4) is 5.75 Å². The molecular formula is C14H21NO3S. The van der Waals surface area contributed by atoms with E-state index >= 15 is 0 Å². The first kappa shape index (κ1) is 14.3. The van der Waals surface area contributed by atoms with E-state index < -0.39 is 10.0 Å². The van der Waals surface area contributed by atoms with E-state index in [1.807, 2.05) is 18.2 Å². The number of benzene rings is 1. The highest BCUT2D eigenvalue weighted by atomic mass is 32.2. The van der Waals surface area contributed by atoms with Gasteiger partial charge in [-0.2, -0.15) is 4.31 Å². The Hall–Kier alpha value is -1.07. The molecule has 0 aliphatic carbocycles. The fourth-order valence-electron chi connectivity index (χ4n) is 2.08. The maximum absolute atomic E-state index is 11.5. The van der Waals surface area contributed by atoms with E-state index in [4.69, 9.17) is 4.74 Å². The van der Waals surface area contributed by atoms with Gasteiger partial charge in [0.15, 0.2) is 0 Å². The van der Waals surface area contributed by atoms with Gasteiger partial charge in [0, 0.05) is 13.1 Å². The Balaban J connectivity index is 2.03. The molecule has 0 saturated carbocycles. The maximum Gasteiger partial charge on any atom is 0.211 e. The zero-order chi connectivity index (χ0) is 14.0. The first-order chi connectivity index (χ1) is 8.86. The van der Waals surface area contributed by atoms with Crippen molar-refractivity contribution in [2.75, 3.05) is 12.9 Å². The van der Waals surface area contributed by atoms with Crippen molar-refractivity contribution in [3.63, 3.8) is 0 Å². The third-order valence-corrected chi connectivity index (χ3v) is 4.50. The molecule has 5 heteroatoms. The van der Waals surface area contributed by atoms with Gasteiger partial charge in [0.2, 0.25) is 10.0 Å². The van der Waals surface area contributed by atoms with Gasteiger partial charge in [0.25, 0.3) is 0 Å². The summed E-state index contributed by atoms with van der Waals surface area (Å²) in [5.74, 6) is 1.45. The smallest absolute Gasteiger partial charge is 0.211 e. The third kappa shape index (κ3) is 3.70. The summed E-state index contributed by atoms with van der Waals surface area (Å²) in [6, 6.07) is 5.84. The molecule has 0 fully saturated rings. The van der Waals surface area contributed by atoms with E-state index in [0.29, 0.717) is 25.6 Å². The Morgan fingerprint density at radius 3 is 2.58 bits per heavy atom. The molecule has 2 rings (SSSR count). The number of fused-ring (bicyclic) bond motifs is 1. The predicted molar refractivity (Wildman–Crippen MR) is 75.5 cm³/mol. The van der Waals surface area contributed by atoms with Crippen LogP contribution in [0.15, 0.2) is 18.2 Å². The van der Waals surface area contributed by atoms with E-state index in [-0.39, 0.29) is 0 Å². The molecular weight excluding hydrogens is 262 g/mol. The van der Waals surface area contributed by atoms with Crippen molar-refractivity contribution in [1.82, 2.24) is 4.31 Å². The molecule has 1 heterocycles. The molecule has 1 aromatic rings. The highest BCUT2D eigenvalue weighted by Gasteiger charge is 2.25. The lowest BCUT2D eigenvalue weighted by molar-refractivity contribution is 0.289. The highest BCUT2D eigenvalue weighted by Crippen LogP contribution is 2.28. The molecule has 0 spiro atoms. The van der Waals surface area contributed by atoms with Crippen LogP contribution in [-0.2, 0) is 23.1 Å². The van der Waals surface area contributed by atoms with Gasteiger partial charge < -0.3 is 4.74 Å². The maximum atomic E-state index is 11.5. The molecule has 0 N–H and O–H groups in total. The zero-order valence-electron chi connectivity index (χ0n) is 11.7. The highest BCUT2D eigenvalue weighted by molar-refractivity contribution is 7.88. The average molecular weight is 283 g/mol. The van der Waals surface area contributed by atoms with Crippen LogP contribution < -0.4 is 4.74 Å². The number of hydrogen-bond donors (Lipinski definition) is 0. The lowest BCUT2D eigenvalue weighted by Gasteiger charge is -2.10. The van der Waals surface area contributed by atoms with Crippen molar-refractivity contribution in [3.05, 3.63) is 29.3 Å². The van der Waals surface area contributed by atoms with E-state index in [9.17, 15) is 8.42 Å². The fraction of sp³-hybridized carbons (Fsp3) is 0.571. The molecule has 1 aliphatic rings. The van der Waals surface area contributed by atoms with Gasteiger partial charge in [-0.3, -0.25) is 0 Å². The molecule has 19 heavy (non-hydrogen) atoms. The Morgan fingerprint density at radius 1 is 1.26 bits per heavy atom. The van der Waals surface area contributed by atoms with Gasteiger partial charge in [0.1, 0.15) is 5.75 Å². The second kappa shape index (κ2) is 5.51. The normalized spacial score (nSPS) is 15.8. The van der Waals surface area contributed by atoms with Crippen LogP contribution in [0.25, 0.3) is 0 Å². The summed E-state index contributed by atoms with van der Waals surface area (Å²) in [7, 11) is -3.12. The summed E-state index contributed by atoms with van der Waals surface area (Å²) >= 11 is 0.